The maximum absolute atomic E-state index is 12.1. The molecule has 0 aromatic heterocycles. The van der Waals surface area contributed by atoms with Crippen LogP contribution in [0.15, 0.2) is 12.2 Å². The topological polar surface area (TPSA) is 149 Å². The molecule has 1 amide bonds. The molecule has 0 aromatic carbocycles. The van der Waals surface area contributed by atoms with Crippen molar-refractivity contribution in [2.24, 2.45) is 0 Å². The third-order valence-electron chi connectivity index (χ3n) is 5.83. The quantitative estimate of drug-likeness (QED) is 0.136. The van der Waals surface area contributed by atoms with Gasteiger partial charge in [0, 0.05) is 6.42 Å². The molecular formula is C24H45NO8. The number of hydrogen-bond acceptors (Lipinski definition) is 8. The molecule has 1 rings (SSSR count). The van der Waals surface area contributed by atoms with Crippen LogP contribution in [0.25, 0.3) is 0 Å². The highest BCUT2D eigenvalue weighted by Crippen LogP contribution is 2.22. The largest absolute Gasteiger partial charge is 0.394 e. The smallest absolute Gasteiger partial charge is 0.220 e. The fourth-order valence-electron chi connectivity index (χ4n) is 3.72. The standard InChI is InChI=1S/C24H45NO8/c1-3-5-6-7-8-9-10-11-12-14-18(27)17(25-20(28)13-4-2)16-32-24-23(31)22(30)21(29)19(15-26)33-24/h12,14,17-19,21-24,26-27,29-31H,3-11,13,15-16H2,1-2H3,(H,25,28)/b14-12+. The van der Waals surface area contributed by atoms with Gasteiger partial charge < -0.3 is 40.3 Å². The molecule has 0 bridgehead atoms. The lowest BCUT2D eigenvalue weighted by Crippen LogP contribution is -2.60. The Morgan fingerprint density at radius 3 is 2.30 bits per heavy atom. The van der Waals surface area contributed by atoms with Gasteiger partial charge in [0.1, 0.15) is 24.4 Å². The van der Waals surface area contributed by atoms with E-state index in [2.05, 4.69) is 12.2 Å². The van der Waals surface area contributed by atoms with Crippen LogP contribution < -0.4 is 5.32 Å². The number of carbonyl (C=O) groups excluding carboxylic acids is 1. The number of ether oxygens (including phenoxy) is 2. The van der Waals surface area contributed by atoms with E-state index < -0.39 is 49.5 Å². The van der Waals surface area contributed by atoms with Crippen molar-refractivity contribution in [1.82, 2.24) is 5.32 Å². The molecular weight excluding hydrogens is 430 g/mol. The van der Waals surface area contributed by atoms with Crippen LogP contribution in [-0.2, 0) is 14.3 Å². The third-order valence-corrected chi connectivity index (χ3v) is 5.83. The molecule has 7 unspecified atom stereocenters. The molecule has 9 nitrogen and oxygen atoms in total. The molecule has 0 saturated carbocycles. The fourth-order valence-corrected chi connectivity index (χ4v) is 3.72. The summed E-state index contributed by atoms with van der Waals surface area (Å²) in [5, 5.41) is 52.5. The molecule has 0 spiro atoms. The van der Waals surface area contributed by atoms with Crippen molar-refractivity contribution in [3.63, 3.8) is 0 Å². The zero-order chi connectivity index (χ0) is 24.6. The second kappa shape index (κ2) is 17.4. The van der Waals surface area contributed by atoms with E-state index in [9.17, 15) is 30.3 Å². The summed E-state index contributed by atoms with van der Waals surface area (Å²) in [6.07, 6.45) is 5.71. The fraction of sp³-hybridized carbons (Fsp3) is 0.875. The van der Waals surface area contributed by atoms with E-state index in [1.54, 1.807) is 6.08 Å². The first-order valence-electron chi connectivity index (χ1n) is 12.4. The first-order chi connectivity index (χ1) is 15.8. The Morgan fingerprint density at radius 2 is 1.67 bits per heavy atom. The molecule has 1 heterocycles. The van der Waals surface area contributed by atoms with Crippen molar-refractivity contribution >= 4 is 5.91 Å². The van der Waals surface area contributed by atoms with Crippen molar-refractivity contribution < 1.29 is 39.8 Å². The minimum Gasteiger partial charge on any atom is -0.394 e. The van der Waals surface area contributed by atoms with Crippen molar-refractivity contribution in [3.05, 3.63) is 12.2 Å². The van der Waals surface area contributed by atoms with Crippen LogP contribution in [0.2, 0.25) is 0 Å². The minimum atomic E-state index is -1.55. The van der Waals surface area contributed by atoms with Crippen LogP contribution in [0, 0.1) is 0 Å². The van der Waals surface area contributed by atoms with Gasteiger partial charge >= 0.3 is 0 Å². The number of amides is 1. The van der Waals surface area contributed by atoms with E-state index in [1.165, 1.54) is 32.1 Å². The molecule has 7 atom stereocenters. The van der Waals surface area contributed by atoms with Crippen LogP contribution >= 0.6 is 0 Å². The number of hydrogen-bond donors (Lipinski definition) is 6. The molecule has 9 heteroatoms. The van der Waals surface area contributed by atoms with Crippen LogP contribution in [0.3, 0.4) is 0 Å². The number of unbranched alkanes of at least 4 members (excludes halogenated alkanes) is 7. The molecule has 6 N–H and O–H groups in total. The van der Waals surface area contributed by atoms with Crippen LogP contribution in [-0.4, -0.2) is 87.5 Å². The second-order valence-corrected chi connectivity index (χ2v) is 8.78. The average Bonchev–Trinajstić information content (AvgIpc) is 2.80. The van der Waals surface area contributed by atoms with E-state index in [0.717, 1.165) is 19.3 Å². The lowest BCUT2D eigenvalue weighted by molar-refractivity contribution is -0.302. The molecule has 33 heavy (non-hydrogen) atoms. The first-order valence-corrected chi connectivity index (χ1v) is 12.4. The number of allylic oxidation sites excluding steroid dienone is 1. The molecule has 194 valence electrons. The van der Waals surface area contributed by atoms with Crippen LogP contribution in [0.1, 0.15) is 78.1 Å². The number of aliphatic hydroxyl groups is 5. The molecule has 1 aliphatic rings. The van der Waals surface area contributed by atoms with Gasteiger partial charge in [0.2, 0.25) is 5.91 Å². The van der Waals surface area contributed by atoms with Crippen LogP contribution in [0.4, 0.5) is 0 Å². The lowest BCUT2D eigenvalue weighted by Gasteiger charge is -2.40. The predicted octanol–water partition coefficient (Wildman–Crippen LogP) is 1.15. The van der Waals surface area contributed by atoms with Gasteiger partial charge in [-0.05, 0) is 19.3 Å². The highest BCUT2D eigenvalue weighted by molar-refractivity contribution is 5.76. The summed E-state index contributed by atoms with van der Waals surface area (Å²) in [4.78, 5) is 12.1. The van der Waals surface area contributed by atoms with Gasteiger partial charge in [-0.1, -0.05) is 64.5 Å². The molecule has 1 saturated heterocycles. The number of aliphatic hydroxyl groups excluding tert-OH is 5. The summed E-state index contributed by atoms with van der Waals surface area (Å²) in [5.41, 5.74) is 0. The monoisotopic (exact) mass is 475 g/mol. The highest BCUT2D eigenvalue weighted by Gasteiger charge is 2.44. The van der Waals surface area contributed by atoms with Gasteiger partial charge in [-0.3, -0.25) is 4.79 Å². The van der Waals surface area contributed by atoms with E-state index in [1.807, 2.05) is 13.0 Å². The summed E-state index contributed by atoms with van der Waals surface area (Å²) in [5.74, 6) is -0.237. The second-order valence-electron chi connectivity index (χ2n) is 8.78. The van der Waals surface area contributed by atoms with Gasteiger partial charge in [-0.25, -0.2) is 0 Å². The van der Waals surface area contributed by atoms with Gasteiger partial charge in [-0.15, -0.1) is 0 Å². The zero-order valence-corrected chi connectivity index (χ0v) is 20.1. The zero-order valence-electron chi connectivity index (χ0n) is 20.1. The Balaban J connectivity index is 2.57. The van der Waals surface area contributed by atoms with Crippen LogP contribution in [0.5, 0.6) is 0 Å². The van der Waals surface area contributed by atoms with Gasteiger partial charge in [-0.2, -0.15) is 0 Å². The minimum absolute atomic E-state index is 0.193. The normalized spacial score (nSPS) is 27.5. The average molecular weight is 476 g/mol. The Kier molecular flexibility index (Phi) is 15.8. The van der Waals surface area contributed by atoms with E-state index in [0.29, 0.717) is 12.8 Å². The Morgan fingerprint density at radius 1 is 1.00 bits per heavy atom. The molecule has 1 fully saturated rings. The van der Waals surface area contributed by atoms with Gasteiger partial charge in [0.25, 0.3) is 0 Å². The number of rotatable bonds is 17. The summed E-state index contributed by atoms with van der Waals surface area (Å²) < 4.78 is 10.9. The van der Waals surface area contributed by atoms with Crippen molar-refractivity contribution in [1.29, 1.82) is 0 Å². The maximum Gasteiger partial charge on any atom is 0.220 e. The number of carbonyl (C=O) groups is 1. The van der Waals surface area contributed by atoms with E-state index >= 15 is 0 Å². The molecule has 0 aliphatic carbocycles. The lowest BCUT2D eigenvalue weighted by atomic mass is 9.99. The summed E-state index contributed by atoms with van der Waals surface area (Å²) in [6, 6.07) is -0.790. The van der Waals surface area contributed by atoms with Crippen molar-refractivity contribution in [2.75, 3.05) is 13.2 Å². The van der Waals surface area contributed by atoms with Gasteiger partial charge in [0.15, 0.2) is 6.29 Å². The van der Waals surface area contributed by atoms with Crippen molar-refractivity contribution in [3.8, 4) is 0 Å². The molecule has 0 aromatic rings. The molecule has 0 radical (unpaired) electrons. The Labute approximate surface area is 197 Å². The summed E-state index contributed by atoms with van der Waals surface area (Å²) in [7, 11) is 0. The Bertz CT molecular complexity index is 545. The first kappa shape index (κ1) is 30.0. The third kappa shape index (κ3) is 11.3. The summed E-state index contributed by atoms with van der Waals surface area (Å²) in [6.45, 7) is 3.31. The van der Waals surface area contributed by atoms with Crippen molar-refractivity contribution in [2.45, 2.75) is 121 Å². The van der Waals surface area contributed by atoms with E-state index in [-0.39, 0.29) is 12.5 Å². The SMILES string of the molecule is CCCCCCCCC/C=C/C(O)C(COC1OC(CO)C(O)C(O)C1O)NC(=O)CCC. The predicted molar refractivity (Wildman–Crippen MR) is 124 cm³/mol. The summed E-state index contributed by atoms with van der Waals surface area (Å²) >= 11 is 0. The number of nitrogens with one attached hydrogen (secondary N) is 1. The van der Waals surface area contributed by atoms with E-state index in [4.69, 9.17) is 9.47 Å². The van der Waals surface area contributed by atoms with Gasteiger partial charge in [0.05, 0.1) is 25.4 Å². The molecule has 1 aliphatic heterocycles. The Hall–Kier alpha value is -1.07. The highest BCUT2D eigenvalue weighted by atomic mass is 16.7. The maximum atomic E-state index is 12.1.